The predicted octanol–water partition coefficient (Wildman–Crippen LogP) is 5.29. The zero-order valence-corrected chi connectivity index (χ0v) is 20.7. The molecule has 1 aromatic carbocycles. The largest absolute Gasteiger partial charge is 0.493 e. The van der Waals surface area contributed by atoms with Gasteiger partial charge in [-0.15, -0.1) is 0 Å². The first-order chi connectivity index (χ1) is 15.9. The Morgan fingerprint density at radius 3 is 2.58 bits per heavy atom. The number of hydrogen-bond donors (Lipinski definition) is 2. The van der Waals surface area contributed by atoms with Gasteiger partial charge in [0, 0.05) is 13.0 Å². The standard InChI is InChI=1S/C27H42N2O4/c1-21(2)11-7-4-5-8-12-25(30)29-19-22-13-14-23(24(17-22)32-3)33-26(31)18-27(20-28)15-9-6-10-16-27/h7,11,13-14,17,21H,4-6,8-10,12,15-16,18-20,28H2,1-3H3,(H,29,30). The molecule has 1 aliphatic carbocycles. The third kappa shape index (κ3) is 9.58. The van der Waals surface area contributed by atoms with Crippen LogP contribution in [0.1, 0.15) is 83.6 Å². The summed E-state index contributed by atoms with van der Waals surface area (Å²) in [5, 5.41) is 2.95. The summed E-state index contributed by atoms with van der Waals surface area (Å²) >= 11 is 0. The SMILES string of the molecule is COc1cc(CNC(=O)CCCCC=CC(C)C)ccc1OC(=O)CC1(CN)CCCCC1. The minimum atomic E-state index is -0.273. The fraction of sp³-hybridized carbons (Fsp3) is 0.630. The van der Waals surface area contributed by atoms with Gasteiger partial charge in [0.25, 0.3) is 0 Å². The Morgan fingerprint density at radius 2 is 1.91 bits per heavy atom. The van der Waals surface area contributed by atoms with Crippen molar-refractivity contribution in [3.63, 3.8) is 0 Å². The lowest BCUT2D eigenvalue weighted by Crippen LogP contribution is -2.36. The van der Waals surface area contributed by atoms with Crippen LogP contribution in [0.4, 0.5) is 0 Å². The Kier molecular flexibility index (Phi) is 11.4. The molecule has 0 aromatic heterocycles. The third-order valence-corrected chi connectivity index (χ3v) is 6.35. The van der Waals surface area contributed by atoms with E-state index in [1.807, 2.05) is 6.07 Å². The Balaban J connectivity index is 1.81. The second kappa shape index (κ2) is 14.0. The number of carbonyl (C=O) groups excluding carboxylic acids is 2. The van der Waals surface area contributed by atoms with E-state index in [0.717, 1.165) is 50.5 Å². The van der Waals surface area contributed by atoms with Gasteiger partial charge in [-0.05, 0) is 67.7 Å². The van der Waals surface area contributed by atoms with Crippen LogP contribution in [0.3, 0.4) is 0 Å². The maximum atomic E-state index is 12.6. The van der Waals surface area contributed by atoms with Gasteiger partial charge < -0.3 is 20.5 Å². The lowest BCUT2D eigenvalue weighted by molar-refractivity contribution is -0.137. The molecule has 1 saturated carbocycles. The van der Waals surface area contributed by atoms with Crippen LogP contribution in [0.15, 0.2) is 30.4 Å². The highest BCUT2D eigenvalue weighted by molar-refractivity contribution is 5.76. The number of allylic oxidation sites excluding steroid dienone is 2. The molecule has 1 aliphatic rings. The number of esters is 1. The first kappa shape index (κ1) is 26.9. The lowest BCUT2D eigenvalue weighted by atomic mass is 9.72. The van der Waals surface area contributed by atoms with Crippen molar-refractivity contribution in [3.8, 4) is 11.5 Å². The molecule has 1 aromatic rings. The third-order valence-electron chi connectivity index (χ3n) is 6.35. The van der Waals surface area contributed by atoms with E-state index < -0.39 is 0 Å². The maximum absolute atomic E-state index is 12.6. The molecule has 6 nitrogen and oxygen atoms in total. The van der Waals surface area contributed by atoms with Crippen LogP contribution >= 0.6 is 0 Å². The average Bonchev–Trinajstić information content (AvgIpc) is 2.80. The van der Waals surface area contributed by atoms with Crippen molar-refractivity contribution in [2.75, 3.05) is 13.7 Å². The van der Waals surface area contributed by atoms with Crippen LogP contribution in [0.25, 0.3) is 0 Å². The Bertz CT molecular complexity index is 782. The van der Waals surface area contributed by atoms with E-state index in [2.05, 4.69) is 31.3 Å². The quantitative estimate of drug-likeness (QED) is 0.181. The van der Waals surface area contributed by atoms with E-state index in [-0.39, 0.29) is 17.3 Å². The molecule has 0 unspecified atom stereocenters. The Labute approximate surface area is 199 Å². The number of hydrogen-bond acceptors (Lipinski definition) is 5. The van der Waals surface area contributed by atoms with Gasteiger partial charge in [-0.1, -0.05) is 51.3 Å². The van der Waals surface area contributed by atoms with Gasteiger partial charge in [0.2, 0.25) is 5.91 Å². The summed E-state index contributed by atoms with van der Waals surface area (Å²) in [6.07, 6.45) is 13.5. The first-order valence-electron chi connectivity index (χ1n) is 12.4. The summed E-state index contributed by atoms with van der Waals surface area (Å²) < 4.78 is 11.1. The zero-order chi connectivity index (χ0) is 24.1. The van der Waals surface area contributed by atoms with Gasteiger partial charge in [-0.25, -0.2) is 0 Å². The van der Waals surface area contributed by atoms with Crippen molar-refractivity contribution in [1.29, 1.82) is 0 Å². The van der Waals surface area contributed by atoms with E-state index in [9.17, 15) is 9.59 Å². The molecule has 0 radical (unpaired) electrons. The highest BCUT2D eigenvalue weighted by Crippen LogP contribution is 2.39. The van der Waals surface area contributed by atoms with E-state index in [1.54, 1.807) is 19.2 Å². The Morgan fingerprint density at radius 1 is 1.15 bits per heavy atom. The minimum absolute atomic E-state index is 0.0388. The normalized spacial score (nSPS) is 15.5. The van der Waals surface area contributed by atoms with Crippen LogP contribution in [0.2, 0.25) is 0 Å². The van der Waals surface area contributed by atoms with Gasteiger partial charge >= 0.3 is 5.97 Å². The van der Waals surface area contributed by atoms with Crippen molar-refractivity contribution in [3.05, 3.63) is 35.9 Å². The molecule has 1 amide bonds. The van der Waals surface area contributed by atoms with Crippen LogP contribution < -0.4 is 20.5 Å². The molecule has 6 heteroatoms. The number of nitrogens with one attached hydrogen (secondary N) is 1. The fourth-order valence-corrected chi connectivity index (χ4v) is 4.33. The van der Waals surface area contributed by atoms with Crippen molar-refractivity contribution in [2.24, 2.45) is 17.1 Å². The summed E-state index contributed by atoms with van der Waals surface area (Å²) in [5.74, 6) is 1.22. The molecule has 3 N–H and O–H groups in total. The highest BCUT2D eigenvalue weighted by atomic mass is 16.6. The van der Waals surface area contributed by atoms with E-state index in [0.29, 0.717) is 43.3 Å². The van der Waals surface area contributed by atoms with Gasteiger partial charge in [0.15, 0.2) is 11.5 Å². The molecular weight excluding hydrogens is 416 g/mol. The summed E-state index contributed by atoms with van der Waals surface area (Å²) in [5.41, 5.74) is 6.76. The predicted molar refractivity (Wildman–Crippen MR) is 132 cm³/mol. The second-order valence-corrected chi connectivity index (χ2v) is 9.60. The van der Waals surface area contributed by atoms with Gasteiger partial charge in [0.1, 0.15) is 0 Å². The van der Waals surface area contributed by atoms with Crippen molar-refractivity contribution in [1.82, 2.24) is 5.32 Å². The van der Waals surface area contributed by atoms with Crippen molar-refractivity contribution < 1.29 is 19.1 Å². The topological polar surface area (TPSA) is 90.6 Å². The zero-order valence-electron chi connectivity index (χ0n) is 20.7. The second-order valence-electron chi connectivity index (χ2n) is 9.60. The molecule has 0 saturated heterocycles. The fourth-order valence-electron chi connectivity index (χ4n) is 4.33. The van der Waals surface area contributed by atoms with Gasteiger partial charge in [-0.2, -0.15) is 0 Å². The van der Waals surface area contributed by atoms with Crippen LogP contribution in [0, 0.1) is 11.3 Å². The monoisotopic (exact) mass is 458 g/mol. The van der Waals surface area contributed by atoms with Gasteiger partial charge in [-0.3, -0.25) is 9.59 Å². The number of methoxy groups -OCH3 is 1. The lowest BCUT2D eigenvalue weighted by Gasteiger charge is -2.35. The number of carbonyl (C=O) groups is 2. The Hall–Kier alpha value is -2.34. The van der Waals surface area contributed by atoms with Crippen LogP contribution in [-0.4, -0.2) is 25.5 Å². The number of rotatable bonds is 13. The minimum Gasteiger partial charge on any atom is -0.493 e. The average molecular weight is 459 g/mol. The van der Waals surface area contributed by atoms with Gasteiger partial charge in [0.05, 0.1) is 13.5 Å². The summed E-state index contributed by atoms with van der Waals surface area (Å²) in [4.78, 5) is 24.7. The highest BCUT2D eigenvalue weighted by Gasteiger charge is 2.34. The van der Waals surface area contributed by atoms with E-state index >= 15 is 0 Å². The molecule has 0 bridgehead atoms. The number of benzene rings is 1. The molecule has 0 heterocycles. The van der Waals surface area contributed by atoms with Crippen LogP contribution in [0.5, 0.6) is 11.5 Å². The molecule has 2 rings (SSSR count). The number of amides is 1. The first-order valence-corrected chi connectivity index (χ1v) is 12.4. The summed E-state index contributed by atoms with van der Waals surface area (Å²) in [6.45, 7) is 5.23. The van der Waals surface area contributed by atoms with Crippen LogP contribution in [-0.2, 0) is 16.1 Å². The number of nitrogens with two attached hydrogens (primary N) is 1. The molecule has 184 valence electrons. The molecule has 0 spiro atoms. The number of ether oxygens (including phenoxy) is 2. The maximum Gasteiger partial charge on any atom is 0.311 e. The van der Waals surface area contributed by atoms with E-state index in [4.69, 9.17) is 15.2 Å². The summed E-state index contributed by atoms with van der Waals surface area (Å²) in [6, 6.07) is 5.38. The molecule has 33 heavy (non-hydrogen) atoms. The van der Waals surface area contributed by atoms with Crippen molar-refractivity contribution >= 4 is 11.9 Å². The van der Waals surface area contributed by atoms with Crippen molar-refractivity contribution in [2.45, 2.75) is 84.6 Å². The number of unbranched alkanes of at least 4 members (excludes halogenated alkanes) is 2. The molecular formula is C27H42N2O4. The summed E-state index contributed by atoms with van der Waals surface area (Å²) in [7, 11) is 1.55. The smallest absolute Gasteiger partial charge is 0.311 e. The molecule has 0 aliphatic heterocycles. The molecule has 0 atom stereocenters. The van der Waals surface area contributed by atoms with E-state index in [1.165, 1.54) is 6.42 Å². The molecule has 1 fully saturated rings.